The molecule has 0 saturated heterocycles. The van der Waals surface area contributed by atoms with Crippen LogP contribution in [0.2, 0.25) is 0 Å². The van der Waals surface area contributed by atoms with E-state index in [1.54, 1.807) is 24.3 Å². The molecule has 142 valence electrons. The molecule has 2 aromatic rings. The Morgan fingerprint density at radius 1 is 1.04 bits per heavy atom. The molecule has 1 aliphatic rings. The molecule has 2 aromatic carbocycles. The molecule has 1 aliphatic heterocycles. The van der Waals surface area contributed by atoms with Crippen LogP contribution in [0.4, 0.5) is 10.5 Å². The van der Waals surface area contributed by atoms with E-state index in [0.29, 0.717) is 36.0 Å². The Labute approximate surface area is 157 Å². The standard InChI is InChI=1S/C20H23N3O4/c1-12(2)18(13-6-7-16-17(11-13)27-9-8-26-16)23-19(24)14-4-3-5-15(10-14)22-20(21)25/h3-7,10-12,18H,8-9H2,1-2H3,(H,23,24)(H3,21,22,25)/t18-/m0/s1. The highest BCUT2D eigenvalue weighted by Crippen LogP contribution is 2.34. The average Bonchev–Trinajstić information content (AvgIpc) is 2.65. The van der Waals surface area contributed by atoms with Crippen LogP contribution in [0.3, 0.4) is 0 Å². The zero-order valence-corrected chi connectivity index (χ0v) is 15.3. The molecule has 0 aromatic heterocycles. The molecule has 1 heterocycles. The number of fused-ring (bicyclic) bond motifs is 1. The lowest BCUT2D eigenvalue weighted by Crippen LogP contribution is -2.32. The molecular formula is C20H23N3O4. The highest BCUT2D eigenvalue weighted by atomic mass is 16.6. The van der Waals surface area contributed by atoms with E-state index in [9.17, 15) is 9.59 Å². The summed E-state index contributed by atoms with van der Waals surface area (Å²) >= 11 is 0. The van der Waals surface area contributed by atoms with Crippen molar-refractivity contribution in [3.63, 3.8) is 0 Å². The van der Waals surface area contributed by atoms with E-state index in [1.807, 2.05) is 32.0 Å². The molecule has 3 amide bonds. The lowest BCUT2D eigenvalue weighted by Gasteiger charge is -2.25. The number of rotatable bonds is 5. The molecule has 4 N–H and O–H groups in total. The van der Waals surface area contributed by atoms with Gasteiger partial charge in [0.05, 0.1) is 6.04 Å². The summed E-state index contributed by atoms with van der Waals surface area (Å²) in [6.45, 7) is 5.11. The van der Waals surface area contributed by atoms with Crippen LogP contribution in [0.15, 0.2) is 42.5 Å². The van der Waals surface area contributed by atoms with Gasteiger partial charge in [0.1, 0.15) is 13.2 Å². The predicted octanol–water partition coefficient (Wildman–Crippen LogP) is 3.08. The van der Waals surface area contributed by atoms with Gasteiger partial charge >= 0.3 is 6.03 Å². The quantitative estimate of drug-likeness (QED) is 0.753. The fraction of sp³-hybridized carbons (Fsp3) is 0.300. The lowest BCUT2D eigenvalue weighted by atomic mass is 9.95. The van der Waals surface area contributed by atoms with Crippen LogP contribution in [0.5, 0.6) is 11.5 Å². The van der Waals surface area contributed by atoms with E-state index in [-0.39, 0.29) is 17.9 Å². The molecule has 3 rings (SSSR count). The monoisotopic (exact) mass is 369 g/mol. The summed E-state index contributed by atoms with van der Waals surface area (Å²) in [6, 6.07) is 11.4. The van der Waals surface area contributed by atoms with Crippen LogP contribution < -0.4 is 25.8 Å². The summed E-state index contributed by atoms with van der Waals surface area (Å²) in [4.78, 5) is 23.8. The number of primary amides is 1. The molecule has 0 aliphatic carbocycles. The van der Waals surface area contributed by atoms with Gasteiger partial charge in [-0.3, -0.25) is 4.79 Å². The smallest absolute Gasteiger partial charge is 0.316 e. The molecule has 0 fully saturated rings. The number of amides is 3. The van der Waals surface area contributed by atoms with Crippen molar-refractivity contribution < 1.29 is 19.1 Å². The Hall–Kier alpha value is -3.22. The number of carbonyl (C=O) groups is 2. The minimum Gasteiger partial charge on any atom is -0.486 e. The average molecular weight is 369 g/mol. The zero-order valence-electron chi connectivity index (χ0n) is 15.3. The molecule has 0 spiro atoms. The second-order valence-electron chi connectivity index (χ2n) is 6.67. The van der Waals surface area contributed by atoms with E-state index >= 15 is 0 Å². The van der Waals surface area contributed by atoms with Crippen molar-refractivity contribution in [3.8, 4) is 11.5 Å². The Kier molecular flexibility index (Phi) is 5.49. The highest BCUT2D eigenvalue weighted by molar-refractivity contribution is 5.96. The number of nitrogens with two attached hydrogens (primary N) is 1. The minimum atomic E-state index is -0.677. The number of benzene rings is 2. The normalized spacial score (nSPS) is 13.7. The molecule has 0 saturated carbocycles. The topological polar surface area (TPSA) is 103 Å². The second-order valence-corrected chi connectivity index (χ2v) is 6.67. The van der Waals surface area contributed by atoms with Gasteiger partial charge in [0, 0.05) is 11.3 Å². The van der Waals surface area contributed by atoms with Gasteiger partial charge in [-0.25, -0.2) is 4.79 Å². The first kappa shape index (κ1) is 18.6. The maximum atomic E-state index is 12.7. The SMILES string of the molecule is CC(C)[C@H](NC(=O)c1cccc(NC(N)=O)c1)c1ccc2c(c1)OCCO2. The van der Waals surface area contributed by atoms with Gasteiger partial charge in [0.15, 0.2) is 11.5 Å². The first-order chi connectivity index (χ1) is 12.9. The van der Waals surface area contributed by atoms with E-state index in [0.717, 1.165) is 5.56 Å². The summed E-state index contributed by atoms with van der Waals surface area (Å²) in [5, 5.41) is 5.53. The Morgan fingerprint density at radius 2 is 1.78 bits per heavy atom. The minimum absolute atomic E-state index is 0.156. The van der Waals surface area contributed by atoms with Crippen LogP contribution in [-0.4, -0.2) is 25.2 Å². The van der Waals surface area contributed by atoms with Gasteiger partial charge in [0.2, 0.25) is 0 Å². The fourth-order valence-electron chi connectivity index (χ4n) is 2.99. The summed E-state index contributed by atoms with van der Waals surface area (Å²) in [6.07, 6.45) is 0. The number of anilines is 1. The first-order valence-electron chi connectivity index (χ1n) is 8.81. The van der Waals surface area contributed by atoms with Gasteiger partial charge in [-0.2, -0.15) is 0 Å². The van der Waals surface area contributed by atoms with Gasteiger partial charge in [0.25, 0.3) is 5.91 Å². The maximum absolute atomic E-state index is 12.7. The van der Waals surface area contributed by atoms with Crippen LogP contribution in [-0.2, 0) is 0 Å². The molecular weight excluding hydrogens is 346 g/mol. The van der Waals surface area contributed by atoms with Gasteiger partial charge in [-0.1, -0.05) is 26.0 Å². The van der Waals surface area contributed by atoms with Crippen LogP contribution >= 0.6 is 0 Å². The van der Waals surface area contributed by atoms with Crippen molar-refractivity contribution in [2.45, 2.75) is 19.9 Å². The third-order valence-electron chi connectivity index (χ3n) is 4.27. The van der Waals surface area contributed by atoms with E-state index < -0.39 is 6.03 Å². The number of nitrogens with one attached hydrogen (secondary N) is 2. The van der Waals surface area contributed by atoms with Crippen LogP contribution in [0, 0.1) is 5.92 Å². The van der Waals surface area contributed by atoms with Gasteiger partial charge in [-0.15, -0.1) is 0 Å². The highest BCUT2D eigenvalue weighted by Gasteiger charge is 2.22. The van der Waals surface area contributed by atoms with E-state index in [4.69, 9.17) is 15.2 Å². The molecule has 0 radical (unpaired) electrons. The summed E-state index contributed by atoms with van der Waals surface area (Å²) < 4.78 is 11.2. The number of hydrogen-bond donors (Lipinski definition) is 3. The number of ether oxygens (including phenoxy) is 2. The fourth-order valence-corrected chi connectivity index (χ4v) is 2.99. The first-order valence-corrected chi connectivity index (χ1v) is 8.81. The van der Waals surface area contributed by atoms with Crippen molar-refractivity contribution in [2.24, 2.45) is 11.7 Å². The predicted molar refractivity (Wildman–Crippen MR) is 102 cm³/mol. The van der Waals surface area contributed by atoms with Crippen LogP contribution in [0.1, 0.15) is 35.8 Å². The van der Waals surface area contributed by atoms with E-state index in [1.165, 1.54) is 0 Å². The number of hydrogen-bond acceptors (Lipinski definition) is 4. The molecule has 27 heavy (non-hydrogen) atoms. The van der Waals surface area contributed by atoms with E-state index in [2.05, 4.69) is 10.6 Å². The van der Waals surface area contributed by atoms with Crippen molar-refractivity contribution in [1.82, 2.24) is 5.32 Å². The third-order valence-corrected chi connectivity index (χ3v) is 4.27. The Bertz CT molecular complexity index is 851. The van der Waals surface area contributed by atoms with Crippen molar-refractivity contribution in [2.75, 3.05) is 18.5 Å². The summed E-state index contributed by atoms with van der Waals surface area (Å²) in [7, 11) is 0. The summed E-state index contributed by atoms with van der Waals surface area (Å²) in [5.41, 5.74) is 6.97. The molecule has 7 nitrogen and oxygen atoms in total. The number of urea groups is 1. The van der Waals surface area contributed by atoms with Gasteiger partial charge < -0.3 is 25.8 Å². The Balaban J connectivity index is 1.80. The Morgan fingerprint density at radius 3 is 2.48 bits per heavy atom. The summed E-state index contributed by atoms with van der Waals surface area (Å²) in [5.74, 6) is 1.32. The third kappa shape index (κ3) is 4.49. The molecule has 0 bridgehead atoms. The van der Waals surface area contributed by atoms with Crippen molar-refractivity contribution in [3.05, 3.63) is 53.6 Å². The van der Waals surface area contributed by atoms with Gasteiger partial charge in [-0.05, 0) is 41.8 Å². The zero-order chi connectivity index (χ0) is 19.4. The maximum Gasteiger partial charge on any atom is 0.316 e. The molecule has 7 heteroatoms. The lowest BCUT2D eigenvalue weighted by molar-refractivity contribution is 0.0925. The molecule has 0 unspecified atom stereocenters. The second kappa shape index (κ2) is 7.99. The van der Waals surface area contributed by atoms with Crippen molar-refractivity contribution >= 4 is 17.6 Å². The number of carbonyl (C=O) groups excluding carboxylic acids is 2. The molecule has 1 atom stereocenters. The van der Waals surface area contributed by atoms with Crippen LogP contribution in [0.25, 0.3) is 0 Å². The largest absolute Gasteiger partial charge is 0.486 e. The van der Waals surface area contributed by atoms with Crippen molar-refractivity contribution in [1.29, 1.82) is 0 Å².